The van der Waals surface area contributed by atoms with Crippen LogP contribution >= 0.6 is 0 Å². The van der Waals surface area contributed by atoms with Crippen molar-refractivity contribution in [1.82, 2.24) is 0 Å². The van der Waals surface area contributed by atoms with Crippen molar-refractivity contribution in [2.75, 3.05) is 45.2 Å². The number of hydrogen-bond donors (Lipinski definition) is 1. The van der Waals surface area contributed by atoms with Crippen LogP contribution in [0.5, 0.6) is 0 Å². The second kappa shape index (κ2) is 7.12. The van der Waals surface area contributed by atoms with Crippen LogP contribution < -0.4 is 4.90 Å². The van der Waals surface area contributed by atoms with Crippen molar-refractivity contribution in [3.63, 3.8) is 0 Å². The molecule has 1 atom stereocenters. The molecule has 1 N–H and O–H groups in total. The molecule has 22 heavy (non-hydrogen) atoms. The molecule has 0 aromatic heterocycles. The van der Waals surface area contributed by atoms with E-state index >= 15 is 0 Å². The molecule has 2 rings (SSSR count). The van der Waals surface area contributed by atoms with E-state index in [0.29, 0.717) is 0 Å². The molecule has 2 aromatic rings. The summed E-state index contributed by atoms with van der Waals surface area (Å²) >= 11 is 0. The fourth-order valence-electron chi connectivity index (χ4n) is 3.13. The van der Waals surface area contributed by atoms with Crippen LogP contribution in [0.3, 0.4) is 0 Å². The van der Waals surface area contributed by atoms with Gasteiger partial charge >= 0.3 is 0 Å². The molecule has 0 saturated carbocycles. The number of hydrogen-bond acceptors (Lipinski definition) is 2. The van der Waals surface area contributed by atoms with E-state index in [0.717, 1.165) is 30.7 Å². The molecule has 0 amide bonds. The minimum atomic E-state index is -0.261. The number of likely N-dealkylation sites (N-methyl/N-ethyl adjacent to an activating group) is 2. The molecule has 0 aliphatic rings. The van der Waals surface area contributed by atoms with Crippen LogP contribution in [0.1, 0.15) is 13.8 Å². The van der Waals surface area contributed by atoms with E-state index in [1.807, 2.05) is 6.92 Å². The molecule has 120 valence electrons. The summed E-state index contributed by atoms with van der Waals surface area (Å²) in [6, 6.07) is 15.1. The van der Waals surface area contributed by atoms with Gasteiger partial charge in [-0.3, -0.25) is 0 Å². The summed E-state index contributed by atoms with van der Waals surface area (Å²) in [6.07, 6.45) is -0.261. The van der Waals surface area contributed by atoms with E-state index in [1.54, 1.807) is 0 Å². The Hall–Kier alpha value is -1.58. The van der Waals surface area contributed by atoms with E-state index < -0.39 is 0 Å². The number of quaternary nitrogens is 1. The van der Waals surface area contributed by atoms with Gasteiger partial charge in [0.05, 0.1) is 27.2 Å². The predicted octanol–water partition coefficient (Wildman–Crippen LogP) is 3.12. The Morgan fingerprint density at radius 3 is 2.45 bits per heavy atom. The van der Waals surface area contributed by atoms with E-state index in [4.69, 9.17) is 0 Å². The van der Waals surface area contributed by atoms with Crippen LogP contribution in [0.4, 0.5) is 5.69 Å². The Morgan fingerprint density at radius 1 is 1.09 bits per heavy atom. The van der Waals surface area contributed by atoms with Gasteiger partial charge in [0.2, 0.25) is 0 Å². The van der Waals surface area contributed by atoms with E-state index in [1.165, 1.54) is 16.5 Å². The zero-order valence-corrected chi connectivity index (χ0v) is 14.3. The lowest BCUT2D eigenvalue weighted by Crippen LogP contribution is -2.49. The second-order valence-corrected chi connectivity index (χ2v) is 6.77. The third kappa shape index (κ3) is 4.21. The Labute approximate surface area is 134 Å². The summed E-state index contributed by atoms with van der Waals surface area (Å²) in [5.41, 5.74) is 1.30. The third-order valence-electron chi connectivity index (χ3n) is 4.22. The van der Waals surface area contributed by atoms with Gasteiger partial charge in [0, 0.05) is 17.6 Å². The molecule has 2 aromatic carbocycles. The minimum Gasteiger partial charge on any atom is -0.388 e. The molecule has 1 unspecified atom stereocenters. The first kappa shape index (κ1) is 16.8. The van der Waals surface area contributed by atoms with Crippen LogP contribution in [-0.2, 0) is 0 Å². The maximum Gasteiger partial charge on any atom is 0.104 e. The monoisotopic (exact) mass is 301 g/mol. The Balaban J connectivity index is 2.17. The molecule has 3 nitrogen and oxygen atoms in total. The summed E-state index contributed by atoms with van der Waals surface area (Å²) in [4.78, 5) is 2.43. The lowest BCUT2D eigenvalue weighted by atomic mass is 10.1. The Morgan fingerprint density at radius 2 is 1.77 bits per heavy atom. The van der Waals surface area contributed by atoms with Gasteiger partial charge in [0.25, 0.3) is 0 Å². The first-order chi connectivity index (χ1) is 10.4. The predicted molar refractivity (Wildman–Crippen MR) is 95.4 cm³/mol. The number of fused-ring (bicyclic) bond motifs is 1. The number of nitrogens with zero attached hydrogens (tertiary/aromatic N) is 2. The van der Waals surface area contributed by atoms with Crippen molar-refractivity contribution in [2.24, 2.45) is 0 Å². The minimum absolute atomic E-state index is 0.261. The summed E-state index contributed by atoms with van der Waals surface area (Å²) in [7, 11) is 4.37. The highest BCUT2D eigenvalue weighted by Crippen LogP contribution is 2.26. The standard InChI is InChI=1S/C19H29N2O/c1-5-20(13-14-21(3,4)15-16(2)22)19-12-8-10-17-9-6-7-11-18(17)19/h6-12,16,22H,5,13-15H2,1-4H3/q+1. The lowest BCUT2D eigenvalue weighted by Gasteiger charge is -2.34. The highest BCUT2D eigenvalue weighted by atomic mass is 16.3. The van der Waals surface area contributed by atoms with Gasteiger partial charge < -0.3 is 14.5 Å². The van der Waals surface area contributed by atoms with Gasteiger partial charge in [-0.05, 0) is 25.3 Å². The normalized spacial score (nSPS) is 13.3. The van der Waals surface area contributed by atoms with Crippen LogP contribution in [0.15, 0.2) is 42.5 Å². The lowest BCUT2D eigenvalue weighted by molar-refractivity contribution is -0.891. The topological polar surface area (TPSA) is 23.5 Å². The average molecular weight is 301 g/mol. The molecule has 0 fully saturated rings. The van der Waals surface area contributed by atoms with E-state index in [9.17, 15) is 5.11 Å². The molecule has 0 saturated heterocycles. The van der Waals surface area contributed by atoms with Gasteiger partial charge in [-0.15, -0.1) is 0 Å². The largest absolute Gasteiger partial charge is 0.388 e. The van der Waals surface area contributed by atoms with Crippen molar-refractivity contribution in [3.8, 4) is 0 Å². The highest BCUT2D eigenvalue weighted by molar-refractivity contribution is 5.94. The van der Waals surface area contributed by atoms with Gasteiger partial charge in [-0.25, -0.2) is 0 Å². The van der Waals surface area contributed by atoms with Crippen molar-refractivity contribution in [1.29, 1.82) is 0 Å². The zero-order chi connectivity index (χ0) is 16.2. The third-order valence-corrected chi connectivity index (χ3v) is 4.22. The van der Waals surface area contributed by atoms with Gasteiger partial charge in [0.1, 0.15) is 12.6 Å². The molecule has 0 bridgehead atoms. The van der Waals surface area contributed by atoms with Gasteiger partial charge in [0.15, 0.2) is 0 Å². The molecule has 0 radical (unpaired) electrons. The zero-order valence-electron chi connectivity index (χ0n) is 14.3. The summed E-state index contributed by atoms with van der Waals surface area (Å²) in [5, 5.41) is 12.2. The van der Waals surface area contributed by atoms with Crippen LogP contribution in [-0.4, -0.2) is 56.0 Å². The van der Waals surface area contributed by atoms with Crippen molar-refractivity contribution in [3.05, 3.63) is 42.5 Å². The van der Waals surface area contributed by atoms with Gasteiger partial charge in [-0.1, -0.05) is 36.4 Å². The first-order valence-electron chi connectivity index (χ1n) is 8.16. The molecule has 0 aliphatic heterocycles. The fourth-order valence-corrected chi connectivity index (χ4v) is 3.13. The maximum atomic E-state index is 9.64. The number of benzene rings is 2. The number of aliphatic hydroxyl groups excluding tert-OH is 1. The second-order valence-electron chi connectivity index (χ2n) is 6.77. The Kier molecular flexibility index (Phi) is 5.43. The number of rotatable bonds is 7. The molecule has 0 aliphatic carbocycles. The number of anilines is 1. The molecular weight excluding hydrogens is 272 g/mol. The smallest absolute Gasteiger partial charge is 0.104 e. The average Bonchev–Trinajstić information content (AvgIpc) is 2.46. The fraction of sp³-hybridized carbons (Fsp3) is 0.474. The first-order valence-corrected chi connectivity index (χ1v) is 8.16. The summed E-state index contributed by atoms with van der Waals surface area (Å²) in [5.74, 6) is 0. The quantitative estimate of drug-likeness (QED) is 0.794. The van der Waals surface area contributed by atoms with Crippen molar-refractivity contribution >= 4 is 16.5 Å². The molecule has 0 spiro atoms. The van der Waals surface area contributed by atoms with Crippen LogP contribution in [0.2, 0.25) is 0 Å². The summed E-state index contributed by atoms with van der Waals surface area (Å²) < 4.78 is 0.832. The molecule has 3 heteroatoms. The highest BCUT2D eigenvalue weighted by Gasteiger charge is 2.19. The van der Waals surface area contributed by atoms with Crippen LogP contribution in [0.25, 0.3) is 10.8 Å². The number of aliphatic hydroxyl groups is 1. The van der Waals surface area contributed by atoms with Crippen molar-refractivity contribution in [2.45, 2.75) is 20.0 Å². The summed E-state index contributed by atoms with van der Waals surface area (Å²) in [6.45, 7) is 7.85. The SMILES string of the molecule is CCN(CC[N+](C)(C)CC(C)O)c1cccc2ccccc12. The van der Waals surface area contributed by atoms with E-state index in [-0.39, 0.29) is 6.10 Å². The van der Waals surface area contributed by atoms with Crippen molar-refractivity contribution < 1.29 is 9.59 Å². The maximum absolute atomic E-state index is 9.64. The van der Waals surface area contributed by atoms with Gasteiger partial charge in [-0.2, -0.15) is 0 Å². The Bertz CT molecular complexity index is 602. The molecular formula is C19H29N2O+. The van der Waals surface area contributed by atoms with Crippen LogP contribution in [0, 0.1) is 0 Å². The molecule has 0 heterocycles. The van der Waals surface area contributed by atoms with E-state index in [2.05, 4.69) is 68.4 Å².